The summed E-state index contributed by atoms with van der Waals surface area (Å²) in [7, 11) is 0. The van der Waals surface area contributed by atoms with Gasteiger partial charge in [-0.25, -0.2) is 0 Å². The van der Waals surface area contributed by atoms with Crippen molar-refractivity contribution >= 4 is 6.21 Å². The zero-order valence-electron chi connectivity index (χ0n) is 8.43. The highest BCUT2D eigenvalue weighted by Crippen LogP contribution is 2.11. The number of aromatic nitrogens is 1. The second-order valence-corrected chi connectivity index (χ2v) is 3.37. The van der Waals surface area contributed by atoms with Gasteiger partial charge in [0.1, 0.15) is 0 Å². The predicted octanol–water partition coefficient (Wildman–Crippen LogP) is 1.99. The van der Waals surface area contributed by atoms with Gasteiger partial charge >= 0.3 is 0 Å². The zero-order chi connectivity index (χ0) is 10.5. The van der Waals surface area contributed by atoms with Gasteiger partial charge in [-0.05, 0) is 18.2 Å². The molecule has 0 saturated carbocycles. The van der Waals surface area contributed by atoms with Crippen LogP contribution >= 0.6 is 0 Å². The standard InChI is InChI=1S/C12H13N3/c13-9-12-6-2-4-8-15(12)10-11-5-1-3-7-14-11/h1-7,9,13H,8,10H2. The van der Waals surface area contributed by atoms with Crippen LogP contribution < -0.4 is 0 Å². The van der Waals surface area contributed by atoms with E-state index in [2.05, 4.69) is 16.0 Å². The lowest BCUT2D eigenvalue weighted by Crippen LogP contribution is -2.25. The molecule has 0 aliphatic carbocycles. The average Bonchev–Trinajstić information content (AvgIpc) is 2.31. The molecule has 1 aliphatic heterocycles. The van der Waals surface area contributed by atoms with Gasteiger partial charge in [-0.15, -0.1) is 0 Å². The fraction of sp³-hybridized carbons (Fsp3) is 0.167. The van der Waals surface area contributed by atoms with Gasteiger partial charge in [-0.3, -0.25) is 4.98 Å². The molecule has 0 atom stereocenters. The first-order valence-corrected chi connectivity index (χ1v) is 4.92. The number of rotatable bonds is 3. The van der Waals surface area contributed by atoms with Crippen molar-refractivity contribution in [3.63, 3.8) is 0 Å². The molecule has 1 N–H and O–H groups in total. The van der Waals surface area contributed by atoms with Crippen LogP contribution in [0.3, 0.4) is 0 Å². The number of pyridine rings is 1. The highest BCUT2D eigenvalue weighted by Gasteiger charge is 2.09. The maximum atomic E-state index is 7.30. The number of hydrogen-bond donors (Lipinski definition) is 1. The van der Waals surface area contributed by atoms with Gasteiger partial charge in [-0.1, -0.05) is 18.2 Å². The maximum absolute atomic E-state index is 7.30. The van der Waals surface area contributed by atoms with E-state index in [-0.39, 0.29) is 0 Å². The minimum absolute atomic E-state index is 0.756. The summed E-state index contributed by atoms with van der Waals surface area (Å²) in [5.41, 5.74) is 1.96. The summed E-state index contributed by atoms with van der Waals surface area (Å²) in [6.45, 7) is 1.60. The number of nitrogens with zero attached hydrogens (tertiary/aromatic N) is 2. The largest absolute Gasteiger partial charge is 0.361 e. The summed E-state index contributed by atoms with van der Waals surface area (Å²) in [6, 6.07) is 5.89. The van der Waals surface area contributed by atoms with Crippen molar-refractivity contribution < 1.29 is 0 Å². The van der Waals surface area contributed by atoms with Crippen LogP contribution in [0.15, 0.2) is 48.3 Å². The third-order valence-electron chi connectivity index (χ3n) is 2.32. The van der Waals surface area contributed by atoms with Crippen molar-refractivity contribution in [1.82, 2.24) is 9.88 Å². The minimum atomic E-state index is 0.756. The van der Waals surface area contributed by atoms with E-state index >= 15 is 0 Å². The summed E-state index contributed by atoms with van der Waals surface area (Å²) in [6.07, 6.45) is 9.18. The fourth-order valence-corrected chi connectivity index (χ4v) is 1.55. The SMILES string of the molecule is N=CC1=CC=CCN1Cc1ccccn1. The van der Waals surface area contributed by atoms with E-state index in [1.165, 1.54) is 6.21 Å². The van der Waals surface area contributed by atoms with Gasteiger partial charge in [0.2, 0.25) is 0 Å². The van der Waals surface area contributed by atoms with Crippen LogP contribution in [-0.2, 0) is 6.54 Å². The number of hydrogen-bond acceptors (Lipinski definition) is 3. The highest BCUT2D eigenvalue weighted by atomic mass is 15.1. The van der Waals surface area contributed by atoms with Crippen molar-refractivity contribution in [3.05, 3.63) is 54.0 Å². The van der Waals surface area contributed by atoms with Crippen LogP contribution in [0.2, 0.25) is 0 Å². The molecule has 0 fully saturated rings. The Bertz CT molecular complexity index is 393. The number of allylic oxidation sites excluding steroid dienone is 3. The summed E-state index contributed by atoms with van der Waals surface area (Å²) in [5.74, 6) is 0. The van der Waals surface area contributed by atoms with E-state index in [0.717, 1.165) is 24.5 Å². The molecule has 2 rings (SSSR count). The lowest BCUT2D eigenvalue weighted by atomic mass is 10.2. The van der Waals surface area contributed by atoms with Crippen molar-refractivity contribution in [1.29, 1.82) is 5.41 Å². The lowest BCUT2D eigenvalue weighted by Gasteiger charge is -2.25. The van der Waals surface area contributed by atoms with E-state index in [9.17, 15) is 0 Å². The van der Waals surface area contributed by atoms with Crippen LogP contribution in [0.4, 0.5) is 0 Å². The Morgan fingerprint density at radius 3 is 3.13 bits per heavy atom. The molecule has 0 aromatic carbocycles. The monoisotopic (exact) mass is 199 g/mol. The Labute approximate surface area is 89.3 Å². The second kappa shape index (κ2) is 4.55. The smallest absolute Gasteiger partial charge is 0.0606 e. The Kier molecular flexibility index (Phi) is 2.93. The summed E-state index contributed by atoms with van der Waals surface area (Å²) >= 11 is 0. The van der Waals surface area contributed by atoms with Gasteiger partial charge in [-0.2, -0.15) is 0 Å². The van der Waals surface area contributed by atoms with Crippen molar-refractivity contribution in [2.75, 3.05) is 6.54 Å². The average molecular weight is 199 g/mol. The summed E-state index contributed by atoms with van der Waals surface area (Å²) in [5, 5.41) is 7.30. The van der Waals surface area contributed by atoms with Gasteiger partial charge in [0.15, 0.2) is 0 Å². The summed E-state index contributed by atoms with van der Waals surface area (Å²) in [4.78, 5) is 6.39. The van der Waals surface area contributed by atoms with Crippen molar-refractivity contribution in [3.8, 4) is 0 Å². The maximum Gasteiger partial charge on any atom is 0.0606 e. The van der Waals surface area contributed by atoms with Crippen LogP contribution in [0.5, 0.6) is 0 Å². The third-order valence-corrected chi connectivity index (χ3v) is 2.32. The van der Waals surface area contributed by atoms with Crippen molar-refractivity contribution in [2.45, 2.75) is 6.54 Å². The Balaban J connectivity index is 2.10. The molecule has 1 aromatic rings. The van der Waals surface area contributed by atoms with Crippen LogP contribution in [0.25, 0.3) is 0 Å². The molecule has 15 heavy (non-hydrogen) atoms. The van der Waals surface area contributed by atoms with Gasteiger partial charge in [0, 0.05) is 19.0 Å². The summed E-state index contributed by atoms with van der Waals surface area (Å²) < 4.78 is 0. The molecule has 0 spiro atoms. The topological polar surface area (TPSA) is 40.0 Å². The molecule has 3 nitrogen and oxygen atoms in total. The first-order chi connectivity index (χ1) is 7.40. The predicted molar refractivity (Wildman–Crippen MR) is 60.7 cm³/mol. The quantitative estimate of drug-likeness (QED) is 0.756. The van der Waals surface area contributed by atoms with Gasteiger partial charge in [0.05, 0.1) is 17.9 Å². The molecule has 0 amide bonds. The molecule has 0 bridgehead atoms. The van der Waals surface area contributed by atoms with E-state index < -0.39 is 0 Å². The lowest BCUT2D eigenvalue weighted by molar-refractivity contribution is 0.384. The van der Waals surface area contributed by atoms with Gasteiger partial charge in [0.25, 0.3) is 0 Å². The molecule has 0 unspecified atom stereocenters. The van der Waals surface area contributed by atoms with Gasteiger partial charge < -0.3 is 10.3 Å². The molecule has 1 aliphatic rings. The first-order valence-electron chi connectivity index (χ1n) is 4.92. The Morgan fingerprint density at radius 2 is 2.40 bits per heavy atom. The van der Waals surface area contributed by atoms with Crippen LogP contribution in [0.1, 0.15) is 5.69 Å². The van der Waals surface area contributed by atoms with E-state index in [0.29, 0.717) is 0 Å². The fourth-order valence-electron chi connectivity index (χ4n) is 1.55. The molecular formula is C12H13N3. The molecule has 3 heteroatoms. The third kappa shape index (κ3) is 2.31. The molecule has 0 radical (unpaired) electrons. The molecule has 2 heterocycles. The zero-order valence-corrected chi connectivity index (χ0v) is 8.43. The molecule has 76 valence electrons. The molecule has 1 aromatic heterocycles. The molecule has 0 saturated heterocycles. The normalized spacial score (nSPS) is 14.9. The van der Waals surface area contributed by atoms with E-state index in [1.54, 1.807) is 6.20 Å². The van der Waals surface area contributed by atoms with Crippen LogP contribution in [-0.4, -0.2) is 22.6 Å². The van der Waals surface area contributed by atoms with E-state index in [4.69, 9.17) is 5.41 Å². The first kappa shape index (κ1) is 9.65. The Hall–Kier alpha value is -1.90. The Morgan fingerprint density at radius 1 is 1.47 bits per heavy atom. The van der Waals surface area contributed by atoms with E-state index in [1.807, 2.05) is 30.4 Å². The number of nitrogens with one attached hydrogen (secondary N) is 1. The van der Waals surface area contributed by atoms with Crippen LogP contribution in [0, 0.1) is 5.41 Å². The van der Waals surface area contributed by atoms with Crippen molar-refractivity contribution in [2.24, 2.45) is 0 Å². The second-order valence-electron chi connectivity index (χ2n) is 3.37. The highest BCUT2D eigenvalue weighted by molar-refractivity contribution is 5.75. The minimum Gasteiger partial charge on any atom is -0.361 e. The molecular weight excluding hydrogens is 186 g/mol.